The quantitative estimate of drug-likeness (QED) is 0.612. The molecular weight excluding hydrogens is 416 g/mol. The molecule has 0 saturated carbocycles. The molecule has 1 aliphatic heterocycles. The minimum absolute atomic E-state index is 0.151. The van der Waals surface area contributed by atoms with Gasteiger partial charge in [-0.15, -0.1) is 0 Å². The summed E-state index contributed by atoms with van der Waals surface area (Å²) in [5.74, 6) is 0.832. The molecule has 3 aromatic rings. The fraction of sp³-hybridized carbons (Fsp3) is 0.182. The molecule has 0 saturated heterocycles. The number of fused-ring (bicyclic) bond motifs is 1. The number of urea groups is 1. The van der Waals surface area contributed by atoms with Gasteiger partial charge in [0.1, 0.15) is 0 Å². The summed E-state index contributed by atoms with van der Waals surface area (Å²) in [5.41, 5.74) is 4.06. The number of rotatable bonds is 3. The third-order valence-electron chi connectivity index (χ3n) is 4.77. The summed E-state index contributed by atoms with van der Waals surface area (Å²) >= 11 is 3.44. The van der Waals surface area contributed by atoms with Crippen LogP contribution in [-0.2, 0) is 6.54 Å². The van der Waals surface area contributed by atoms with E-state index in [9.17, 15) is 4.79 Å². The maximum Gasteiger partial charge on any atom is 0.326 e. The van der Waals surface area contributed by atoms with Crippen LogP contribution in [0.5, 0.6) is 0 Å². The van der Waals surface area contributed by atoms with E-state index in [0.717, 1.165) is 34.8 Å². The highest BCUT2D eigenvalue weighted by Gasteiger charge is 2.27. The van der Waals surface area contributed by atoms with Gasteiger partial charge in [-0.1, -0.05) is 51.8 Å². The lowest BCUT2D eigenvalue weighted by Crippen LogP contribution is -2.46. The van der Waals surface area contributed by atoms with Crippen molar-refractivity contribution in [1.82, 2.24) is 4.98 Å². The Morgan fingerprint density at radius 2 is 1.93 bits per heavy atom. The fourth-order valence-electron chi connectivity index (χ4n) is 3.33. The molecule has 0 spiro atoms. The Morgan fingerprint density at radius 3 is 2.71 bits per heavy atom. The molecule has 0 atom stereocenters. The second kappa shape index (κ2) is 8.02. The zero-order chi connectivity index (χ0) is 19.5. The van der Waals surface area contributed by atoms with Crippen LogP contribution in [0.1, 0.15) is 11.1 Å². The van der Waals surface area contributed by atoms with Gasteiger partial charge in [-0.25, -0.2) is 9.78 Å². The molecule has 28 heavy (non-hydrogen) atoms. The Labute approximate surface area is 173 Å². The van der Waals surface area contributed by atoms with Gasteiger partial charge in [0, 0.05) is 36.0 Å². The highest BCUT2D eigenvalue weighted by molar-refractivity contribution is 9.10. The fourth-order valence-corrected chi connectivity index (χ4v) is 3.73. The summed E-state index contributed by atoms with van der Waals surface area (Å²) in [6, 6.07) is 19.8. The summed E-state index contributed by atoms with van der Waals surface area (Å²) in [5, 5.41) is 2.97. The number of pyridine rings is 1. The zero-order valence-electron chi connectivity index (χ0n) is 15.6. The van der Waals surface area contributed by atoms with Crippen LogP contribution in [-0.4, -0.2) is 24.1 Å². The lowest BCUT2D eigenvalue weighted by molar-refractivity contribution is 0.256. The summed E-state index contributed by atoms with van der Waals surface area (Å²) < 4.78 is 0.926. The molecule has 0 fully saturated rings. The van der Waals surface area contributed by atoms with E-state index in [1.165, 1.54) is 11.1 Å². The van der Waals surface area contributed by atoms with Gasteiger partial charge >= 0.3 is 6.03 Å². The molecule has 1 N–H and O–H groups in total. The Morgan fingerprint density at radius 1 is 1.11 bits per heavy atom. The predicted octanol–water partition coefficient (Wildman–Crippen LogP) is 5.21. The minimum atomic E-state index is -0.151. The van der Waals surface area contributed by atoms with Gasteiger partial charge in [0.25, 0.3) is 0 Å². The van der Waals surface area contributed by atoms with Crippen LogP contribution >= 0.6 is 15.9 Å². The lowest BCUT2D eigenvalue weighted by Gasteiger charge is -2.36. The molecule has 6 heteroatoms. The van der Waals surface area contributed by atoms with E-state index in [1.807, 2.05) is 36.4 Å². The Hall–Kier alpha value is -2.86. The van der Waals surface area contributed by atoms with Gasteiger partial charge in [0.15, 0.2) is 5.82 Å². The van der Waals surface area contributed by atoms with E-state index < -0.39 is 0 Å². The van der Waals surface area contributed by atoms with E-state index in [-0.39, 0.29) is 6.03 Å². The lowest BCUT2D eigenvalue weighted by atomic mass is 10.1. The normalized spacial score (nSPS) is 13.2. The van der Waals surface area contributed by atoms with Crippen LogP contribution in [0.2, 0.25) is 0 Å². The molecule has 0 unspecified atom stereocenters. The average molecular weight is 437 g/mol. The molecule has 2 aromatic carbocycles. The Bertz CT molecular complexity index is 990. The van der Waals surface area contributed by atoms with E-state index in [2.05, 4.69) is 62.3 Å². The van der Waals surface area contributed by atoms with E-state index >= 15 is 0 Å². The van der Waals surface area contributed by atoms with Gasteiger partial charge in [0.05, 0.1) is 5.69 Å². The molecule has 2 heterocycles. The molecule has 142 valence electrons. The van der Waals surface area contributed by atoms with E-state index in [4.69, 9.17) is 0 Å². The number of halogens is 1. The third-order valence-corrected chi connectivity index (χ3v) is 5.26. The summed E-state index contributed by atoms with van der Waals surface area (Å²) in [4.78, 5) is 21.4. The standard InChI is InChI=1S/C22H21BrN4O/c1-16-7-9-17(10-8-16)15-26-12-13-27(20-6-3-11-24-21(20)26)22(28)25-19-5-2-4-18(23)14-19/h2-11,14H,12-13,15H2,1H3,(H,25,28). The average Bonchev–Trinajstić information content (AvgIpc) is 2.70. The highest BCUT2D eigenvalue weighted by Crippen LogP contribution is 2.32. The summed E-state index contributed by atoms with van der Waals surface area (Å²) in [6.07, 6.45) is 1.77. The van der Waals surface area contributed by atoms with Crippen molar-refractivity contribution >= 4 is 39.2 Å². The number of hydrogen-bond donors (Lipinski definition) is 1. The van der Waals surface area contributed by atoms with Crippen LogP contribution in [0.3, 0.4) is 0 Å². The van der Waals surface area contributed by atoms with Gasteiger partial charge in [0.2, 0.25) is 0 Å². The van der Waals surface area contributed by atoms with Gasteiger partial charge in [-0.05, 0) is 42.8 Å². The first-order valence-corrected chi connectivity index (χ1v) is 9.99. The molecule has 1 aliphatic rings. The summed E-state index contributed by atoms with van der Waals surface area (Å²) in [6.45, 7) is 4.18. The largest absolute Gasteiger partial charge is 0.349 e. The van der Waals surface area contributed by atoms with Crippen molar-refractivity contribution < 1.29 is 4.79 Å². The van der Waals surface area contributed by atoms with Gasteiger partial charge in [-0.2, -0.15) is 0 Å². The number of aromatic nitrogens is 1. The van der Waals surface area contributed by atoms with Crippen LogP contribution < -0.4 is 15.1 Å². The van der Waals surface area contributed by atoms with E-state index in [1.54, 1.807) is 11.1 Å². The number of hydrogen-bond acceptors (Lipinski definition) is 3. The number of aryl methyl sites for hydroxylation is 1. The molecular formula is C22H21BrN4O. The number of carbonyl (C=O) groups excluding carboxylic acids is 1. The molecule has 1 aromatic heterocycles. The highest BCUT2D eigenvalue weighted by atomic mass is 79.9. The third kappa shape index (κ3) is 4.02. The maximum atomic E-state index is 12.9. The number of carbonyl (C=O) groups is 1. The monoisotopic (exact) mass is 436 g/mol. The van der Waals surface area contributed by atoms with Crippen molar-refractivity contribution in [3.63, 3.8) is 0 Å². The van der Waals surface area contributed by atoms with Crippen molar-refractivity contribution in [2.75, 3.05) is 28.2 Å². The van der Waals surface area contributed by atoms with Crippen molar-refractivity contribution in [1.29, 1.82) is 0 Å². The van der Waals surface area contributed by atoms with Crippen molar-refractivity contribution in [2.24, 2.45) is 0 Å². The van der Waals surface area contributed by atoms with Gasteiger partial charge in [-0.3, -0.25) is 4.90 Å². The van der Waals surface area contributed by atoms with Crippen LogP contribution in [0.4, 0.5) is 22.0 Å². The van der Waals surface area contributed by atoms with Crippen LogP contribution in [0.15, 0.2) is 71.3 Å². The van der Waals surface area contributed by atoms with Crippen molar-refractivity contribution in [2.45, 2.75) is 13.5 Å². The van der Waals surface area contributed by atoms with Crippen molar-refractivity contribution in [3.8, 4) is 0 Å². The molecule has 0 aliphatic carbocycles. The zero-order valence-corrected chi connectivity index (χ0v) is 17.2. The molecule has 5 nitrogen and oxygen atoms in total. The number of anilines is 3. The van der Waals surface area contributed by atoms with Gasteiger partial charge < -0.3 is 10.2 Å². The number of benzene rings is 2. The topological polar surface area (TPSA) is 48.5 Å². The molecule has 0 radical (unpaired) electrons. The van der Waals surface area contributed by atoms with Crippen molar-refractivity contribution in [3.05, 3.63) is 82.5 Å². The molecule has 2 amide bonds. The number of nitrogens with zero attached hydrogens (tertiary/aromatic N) is 3. The van der Waals surface area contributed by atoms with E-state index in [0.29, 0.717) is 6.54 Å². The summed E-state index contributed by atoms with van der Waals surface area (Å²) in [7, 11) is 0. The Balaban J connectivity index is 1.55. The molecule has 0 bridgehead atoms. The minimum Gasteiger partial charge on any atom is -0.349 e. The molecule has 4 rings (SSSR count). The second-order valence-corrected chi connectivity index (χ2v) is 7.76. The SMILES string of the molecule is Cc1ccc(CN2CCN(C(=O)Nc3cccc(Br)c3)c3cccnc32)cc1. The Kier molecular flexibility index (Phi) is 5.30. The first-order chi connectivity index (χ1) is 13.6. The number of nitrogens with one attached hydrogen (secondary N) is 1. The van der Waals surface area contributed by atoms with Crippen LogP contribution in [0.25, 0.3) is 0 Å². The van der Waals surface area contributed by atoms with Crippen LogP contribution in [0, 0.1) is 6.92 Å². The first kappa shape index (κ1) is 18.5. The number of amides is 2. The predicted molar refractivity (Wildman–Crippen MR) is 117 cm³/mol. The first-order valence-electron chi connectivity index (χ1n) is 9.20. The second-order valence-electron chi connectivity index (χ2n) is 6.85. The smallest absolute Gasteiger partial charge is 0.326 e. The maximum absolute atomic E-state index is 12.9.